The molecule has 0 aliphatic carbocycles. The van der Waals surface area contributed by atoms with Crippen LogP contribution in [0.2, 0.25) is 0 Å². The number of hydrogen-bond acceptors (Lipinski definition) is 2. The summed E-state index contributed by atoms with van der Waals surface area (Å²) in [6.45, 7) is 6.56. The lowest BCUT2D eigenvalue weighted by Crippen LogP contribution is -1.97. The van der Waals surface area contributed by atoms with E-state index < -0.39 is 5.97 Å². The molecule has 4 heteroatoms. The first kappa shape index (κ1) is 7.22. The predicted octanol–water partition coefficient (Wildman–Crippen LogP) is 1.33. The van der Waals surface area contributed by atoms with Gasteiger partial charge < -0.3 is 5.11 Å². The van der Waals surface area contributed by atoms with Crippen LogP contribution < -0.4 is 0 Å². The zero-order valence-corrected chi connectivity index (χ0v) is 5.48. The SMILES string of the molecule is [C-]#[N+]c1ccc(C(=O)O)nc1. The van der Waals surface area contributed by atoms with Crippen molar-refractivity contribution in [1.82, 2.24) is 4.98 Å². The van der Waals surface area contributed by atoms with E-state index in [9.17, 15) is 4.79 Å². The van der Waals surface area contributed by atoms with Crippen molar-refractivity contribution in [3.63, 3.8) is 0 Å². The van der Waals surface area contributed by atoms with Crippen molar-refractivity contribution < 1.29 is 9.90 Å². The summed E-state index contributed by atoms with van der Waals surface area (Å²) >= 11 is 0. The van der Waals surface area contributed by atoms with E-state index in [1.807, 2.05) is 0 Å². The highest BCUT2D eigenvalue weighted by molar-refractivity contribution is 5.85. The Hall–Kier alpha value is -1.89. The lowest BCUT2D eigenvalue weighted by atomic mass is 10.3. The number of aromatic carboxylic acids is 1. The monoisotopic (exact) mass is 148 g/mol. The number of aromatic nitrogens is 1. The molecule has 0 amide bonds. The Morgan fingerprint density at radius 2 is 2.36 bits per heavy atom. The smallest absolute Gasteiger partial charge is 0.354 e. The molecule has 0 fully saturated rings. The third-order valence-electron chi connectivity index (χ3n) is 1.10. The Labute approximate surface area is 62.9 Å². The van der Waals surface area contributed by atoms with Gasteiger partial charge >= 0.3 is 5.97 Å². The Balaban J connectivity index is 3.03. The molecule has 4 nitrogen and oxygen atoms in total. The number of carbonyl (C=O) groups is 1. The molecule has 0 aromatic carbocycles. The Morgan fingerprint density at radius 1 is 1.64 bits per heavy atom. The number of carboxylic acids is 1. The zero-order valence-electron chi connectivity index (χ0n) is 5.48. The van der Waals surface area contributed by atoms with Gasteiger partial charge in [0.15, 0.2) is 0 Å². The van der Waals surface area contributed by atoms with Gasteiger partial charge in [0, 0.05) is 6.20 Å². The van der Waals surface area contributed by atoms with Crippen molar-refractivity contribution in [3.05, 3.63) is 35.4 Å². The number of nitrogens with zero attached hydrogens (tertiary/aromatic N) is 2. The molecule has 0 spiro atoms. The molecule has 0 radical (unpaired) electrons. The van der Waals surface area contributed by atoms with E-state index >= 15 is 0 Å². The average Bonchev–Trinajstić information content (AvgIpc) is 2.05. The fourth-order valence-electron chi connectivity index (χ4n) is 0.579. The van der Waals surface area contributed by atoms with E-state index in [1.165, 1.54) is 18.3 Å². The molecule has 1 rings (SSSR count). The van der Waals surface area contributed by atoms with Crippen molar-refractivity contribution in [3.8, 4) is 0 Å². The quantitative estimate of drug-likeness (QED) is 0.611. The molecule has 1 heterocycles. The van der Waals surface area contributed by atoms with Crippen LogP contribution in [0.15, 0.2) is 18.3 Å². The van der Waals surface area contributed by atoms with Crippen LogP contribution in [0.4, 0.5) is 5.69 Å². The summed E-state index contributed by atoms with van der Waals surface area (Å²) in [5.74, 6) is -1.08. The minimum Gasteiger partial charge on any atom is -0.477 e. The number of hydrogen-bond donors (Lipinski definition) is 1. The van der Waals surface area contributed by atoms with Gasteiger partial charge in [-0.15, -0.1) is 0 Å². The zero-order chi connectivity index (χ0) is 8.27. The molecule has 0 saturated heterocycles. The van der Waals surface area contributed by atoms with Gasteiger partial charge in [-0.25, -0.2) is 9.64 Å². The van der Waals surface area contributed by atoms with Crippen LogP contribution in [0.3, 0.4) is 0 Å². The van der Waals surface area contributed by atoms with E-state index in [0.717, 1.165) is 0 Å². The predicted molar refractivity (Wildman–Crippen MR) is 37.5 cm³/mol. The maximum absolute atomic E-state index is 10.3. The topological polar surface area (TPSA) is 54.5 Å². The number of rotatable bonds is 1. The number of pyridine rings is 1. The lowest BCUT2D eigenvalue weighted by molar-refractivity contribution is 0.0690. The van der Waals surface area contributed by atoms with E-state index in [-0.39, 0.29) is 5.69 Å². The standard InChI is InChI=1S/C7H4N2O2/c1-8-5-2-3-6(7(10)11)9-4-5/h2-4H,(H,10,11). The maximum Gasteiger partial charge on any atom is 0.354 e. The van der Waals surface area contributed by atoms with Gasteiger partial charge in [0.05, 0.1) is 6.57 Å². The van der Waals surface area contributed by atoms with Gasteiger partial charge in [0.25, 0.3) is 0 Å². The third kappa shape index (κ3) is 1.52. The van der Waals surface area contributed by atoms with Crippen molar-refractivity contribution in [2.75, 3.05) is 0 Å². The van der Waals surface area contributed by atoms with Crippen LogP contribution in [0.1, 0.15) is 10.5 Å². The van der Waals surface area contributed by atoms with Crippen LogP contribution in [-0.2, 0) is 0 Å². The first-order valence-electron chi connectivity index (χ1n) is 2.81. The number of carboxylic acid groups (broad SMARTS) is 1. The maximum atomic E-state index is 10.3. The summed E-state index contributed by atoms with van der Waals surface area (Å²) in [6, 6.07) is 2.72. The van der Waals surface area contributed by atoms with Gasteiger partial charge in [-0.05, 0) is 6.07 Å². The van der Waals surface area contributed by atoms with Crippen LogP contribution >= 0.6 is 0 Å². The molecular formula is C7H4N2O2. The van der Waals surface area contributed by atoms with Gasteiger partial charge in [0.2, 0.25) is 5.69 Å². The molecule has 0 atom stereocenters. The summed E-state index contributed by atoms with van der Waals surface area (Å²) in [7, 11) is 0. The fraction of sp³-hybridized carbons (Fsp3) is 0. The molecule has 54 valence electrons. The summed E-state index contributed by atoms with van der Waals surface area (Å²) in [5, 5.41) is 8.41. The molecule has 1 N–H and O–H groups in total. The highest BCUT2D eigenvalue weighted by Crippen LogP contribution is 2.08. The Kier molecular flexibility index (Phi) is 1.83. The minimum absolute atomic E-state index is 0.0441. The summed E-state index contributed by atoms with van der Waals surface area (Å²) in [4.78, 5) is 16.9. The second kappa shape index (κ2) is 2.80. The molecule has 1 aromatic heterocycles. The third-order valence-corrected chi connectivity index (χ3v) is 1.10. The largest absolute Gasteiger partial charge is 0.477 e. The van der Waals surface area contributed by atoms with Crippen molar-refractivity contribution in [1.29, 1.82) is 0 Å². The van der Waals surface area contributed by atoms with Gasteiger partial charge in [-0.1, -0.05) is 6.07 Å². The first-order chi connectivity index (χ1) is 5.24. The first-order valence-corrected chi connectivity index (χ1v) is 2.81. The highest BCUT2D eigenvalue weighted by Gasteiger charge is 2.01. The van der Waals surface area contributed by atoms with Gasteiger partial charge in [-0.3, -0.25) is 4.98 Å². The van der Waals surface area contributed by atoms with Crippen LogP contribution in [0.5, 0.6) is 0 Å². The van der Waals surface area contributed by atoms with Gasteiger partial charge in [0.1, 0.15) is 5.69 Å². The highest BCUT2D eigenvalue weighted by atomic mass is 16.4. The molecule has 0 unspecified atom stereocenters. The minimum atomic E-state index is -1.08. The fourth-order valence-corrected chi connectivity index (χ4v) is 0.579. The van der Waals surface area contributed by atoms with Crippen LogP contribution in [0.25, 0.3) is 4.85 Å². The van der Waals surface area contributed by atoms with Crippen LogP contribution in [-0.4, -0.2) is 16.1 Å². The molecular weight excluding hydrogens is 144 g/mol. The van der Waals surface area contributed by atoms with E-state index in [4.69, 9.17) is 11.7 Å². The van der Waals surface area contributed by atoms with Crippen molar-refractivity contribution >= 4 is 11.7 Å². The molecule has 1 aromatic rings. The van der Waals surface area contributed by atoms with Gasteiger partial charge in [-0.2, -0.15) is 0 Å². The molecule has 0 aliphatic rings. The molecule has 0 bridgehead atoms. The molecule has 0 saturated carbocycles. The van der Waals surface area contributed by atoms with E-state index in [1.54, 1.807) is 0 Å². The van der Waals surface area contributed by atoms with E-state index in [0.29, 0.717) is 5.69 Å². The second-order valence-corrected chi connectivity index (χ2v) is 1.82. The Morgan fingerprint density at radius 3 is 2.73 bits per heavy atom. The molecule has 11 heavy (non-hydrogen) atoms. The Bertz CT molecular complexity index is 310. The van der Waals surface area contributed by atoms with Crippen molar-refractivity contribution in [2.45, 2.75) is 0 Å². The normalized spacial score (nSPS) is 8.64. The molecule has 0 aliphatic heterocycles. The summed E-state index contributed by atoms with van der Waals surface area (Å²) in [5.41, 5.74) is 0.299. The lowest BCUT2D eigenvalue weighted by Gasteiger charge is -1.90. The van der Waals surface area contributed by atoms with Crippen LogP contribution in [0, 0.1) is 6.57 Å². The second-order valence-electron chi connectivity index (χ2n) is 1.82. The summed E-state index contributed by atoms with van der Waals surface area (Å²) < 4.78 is 0. The average molecular weight is 148 g/mol. The van der Waals surface area contributed by atoms with E-state index in [2.05, 4.69) is 9.83 Å². The van der Waals surface area contributed by atoms with Crippen molar-refractivity contribution in [2.24, 2.45) is 0 Å². The summed E-state index contributed by atoms with van der Waals surface area (Å²) in [6.07, 6.45) is 1.23.